The molecule has 0 aliphatic carbocycles. The minimum atomic E-state index is -0.189. The second kappa shape index (κ2) is 6.67. The number of piperidine rings is 1. The van der Waals surface area contributed by atoms with Gasteiger partial charge in [0.1, 0.15) is 0 Å². The molecule has 0 spiro atoms. The van der Waals surface area contributed by atoms with Gasteiger partial charge in [-0.25, -0.2) is 4.79 Å². The van der Waals surface area contributed by atoms with Gasteiger partial charge in [0.05, 0.1) is 19.8 Å². The minimum Gasteiger partial charge on any atom is -0.449 e. The van der Waals surface area contributed by atoms with E-state index in [0.29, 0.717) is 19.7 Å². The van der Waals surface area contributed by atoms with Crippen LogP contribution in [0.15, 0.2) is 0 Å². The zero-order valence-corrected chi connectivity index (χ0v) is 9.41. The van der Waals surface area contributed by atoms with Crippen LogP contribution in [0.5, 0.6) is 0 Å². The monoisotopic (exact) mass is 214 g/mol. The molecule has 87 valence electrons. The highest BCUT2D eigenvalue weighted by Gasteiger charge is 2.23. The van der Waals surface area contributed by atoms with Crippen molar-refractivity contribution in [2.75, 3.05) is 19.7 Å². The Morgan fingerprint density at radius 1 is 1.47 bits per heavy atom. The van der Waals surface area contributed by atoms with Gasteiger partial charge < -0.3 is 14.4 Å². The molecule has 1 rings (SSSR count). The van der Waals surface area contributed by atoms with E-state index < -0.39 is 0 Å². The maximum atomic E-state index is 11.5. The number of amides is 1. The lowest BCUT2D eigenvalue weighted by molar-refractivity contribution is 0.0483. The third-order valence-corrected chi connectivity index (χ3v) is 2.66. The van der Waals surface area contributed by atoms with Crippen molar-refractivity contribution in [2.45, 2.75) is 38.7 Å². The van der Waals surface area contributed by atoms with Crippen LogP contribution in [-0.2, 0) is 9.47 Å². The predicted molar refractivity (Wildman–Crippen MR) is 57.3 cm³/mol. The molecule has 0 bridgehead atoms. The van der Waals surface area contributed by atoms with E-state index in [1.807, 2.05) is 0 Å². The third-order valence-electron chi connectivity index (χ3n) is 2.66. The average molecular weight is 214 g/mol. The van der Waals surface area contributed by atoms with E-state index in [4.69, 9.17) is 9.47 Å². The Bertz CT molecular complexity index is 188. The standard InChI is InChI=1S/C11H20NO3/c1-3-4-9-15-11(13)12-7-5-10(14-2)6-8-12/h10H,2-9H2,1H3. The summed E-state index contributed by atoms with van der Waals surface area (Å²) in [5.74, 6) is 0. The van der Waals surface area contributed by atoms with Crippen molar-refractivity contribution in [1.82, 2.24) is 4.90 Å². The third kappa shape index (κ3) is 4.08. The van der Waals surface area contributed by atoms with Crippen LogP contribution >= 0.6 is 0 Å². The normalized spacial score (nSPS) is 17.9. The molecule has 1 aliphatic rings. The average Bonchev–Trinajstić information content (AvgIpc) is 2.29. The summed E-state index contributed by atoms with van der Waals surface area (Å²) in [6.45, 7) is 4.03. The van der Waals surface area contributed by atoms with E-state index in [9.17, 15) is 4.79 Å². The van der Waals surface area contributed by atoms with Crippen molar-refractivity contribution < 1.29 is 14.3 Å². The predicted octanol–water partition coefficient (Wildman–Crippen LogP) is 2.20. The summed E-state index contributed by atoms with van der Waals surface area (Å²) in [5.41, 5.74) is 0. The Labute approximate surface area is 91.5 Å². The number of rotatable bonds is 4. The van der Waals surface area contributed by atoms with Crippen molar-refractivity contribution in [3.63, 3.8) is 0 Å². The Hall–Kier alpha value is -0.770. The largest absolute Gasteiger partial charge is 0.449 e. The van der Waals surface area contributed by atoms with Crippen molar-refractivity contribution in [1.29, 1.82) is 0 Å². The summed E-state index contributed by atoms with van der Waals surface area (Å²) in [5, 5.41) is 0. The first-order valence-electron chi connectivity index (χ1n) is 5.60. The van der Waals surface area contributed by atoms with Gasteiger partial charge in [0.25, 0.3) is 0 Å². The highest BCUT2D eigenvalue weighted by Crippen LogP contribution is 2.13. The van der Waals surface area contributed by atoms with Crippen LogP contribution in [0.1, 0.15) is 32.6 Å². The first kappa shape index (κ1) is 12.3. The zero-order valence-electron chi connectivity index (χ0n) is 9.41. The molecular weight excluding hydrogens is 194 g/mol. The number of hydrogen-bond donors (Lipinski definition) is 0. The van der Waals surface area contributed by atoms with Gasteiger partial charge in [0, 0.05) is 13.1 Å². The van der Waals surface area contributed by atoms with Crippen LogP contribution in [0.2, 0.25) is 0 Å². The van der Waals surface area contributed by atoms with Gasteiger partial charge in [0.2, 0.25) is 0 Å². The quantitative estimate of drug-likeness (QED) is 0.673. The number of ether oxygens (including phenoxy) is 2. The number of nitrogens with zero attached hydrogens (tertiary/aromatic N) is 1. The fourth-order valence-corrected chi connectivity index (χ4v) is 1.60. The van der Waals surface area contributed by atoms with Crippen LogP contribution in [0.4, 0.5) is 4.79 Å². The first-order valence-corrected chi connectivity index (χ1v) is 5.60. The fraction of sp³-hybridized carbons (Fsp3) is 0.818. The summed E-state index contributed by atoms with van der Waals surface area (Å²) < 4.78 is 10.1. The topological polar surface area (TPSA) is 38.8 Å². The second-order valence-electron chi connectivity index (χ2n) is 3.82. The molecule has 1 heterocycles. The van der Waals surface area contributed by atoms with E-state index in [2.05, 4.69) is 14.0 Å². The maximum Gasteiger partial charge on any atom is 0.409 e. The molecular formula is C11H20NO3. The SMILES string of the molecule is [CH2]OC1CCN(C(=O)OCCCC)CC1. The van der Waals surface area contributed by atoms with Crippen molar-refractivity contribution in [3.8, 4) is 0 Å². The van der Waals surface area contributed by atoms with E-state index in [1.165, 1.54) is 0 Å². The van der Waals surface area contributed by atoms with Gasteiger partial charge in [-0.2, -0.15) is 0 Å². The number of carbonyl (C=O) groups excluding carboxylic acids is 1. The summed E-state index contributed by atoms with van der Waals surface area (Å²) in [6, 6.07) is 0. The molecule has 1 aliphatic heterocycles. The lowest BCUT2D eigenvalue weighted by Gasteiger charge is -2.30. The van der Waals surface area contributed by atoms with Gasteiger partial charge in [0.15, 0.2) is 0 Å². The molecule has 0 atom stereocenters. The van der Waals surface area contributed by atoms with Crippen LogP contribution in [0.3, 0.4) is 0 Å². The van der Waals surface area contributed by atoms with Gasteiger partial charge >= 0.3 is 6.09 Å². The molecule has 4 nitrogen and oxygen atoms in total. The Balaban J connectivity index is 2.18. The van der Waals surface area contributed by atoms with Crippen LogP contribution < -0.4 is 0 Å². The molecule has 1 radical (unpaired) electrons. The van der Waals surface area contributed by atoms with Gasteiger partial charge in [-0.1, -0.05) is 13.3 Å². The summed E-state index contributed by atoms with van der Waals surface area (Å²) in [4.78, 5) is 13.3. The van der Waals surface area contributed by atoms with Gasteiger partial charge in [-0.15, -0.1) is 0 Å². The number of hydrogen-bond acceptors (Lipinski definition) is 3. The van der Waals surface area contributed by atoms with Crippen molar-refractivity contribution in [2.24, 2.45) is 0 Å². The van der Waals surface area contributed by atoms with E-state index in [1.54, 1.807) is 4.90 Å². The molecule has 0 aromatic carbocycles. The molecule has 0 aromatic heterocycles. The van der Waals surface area contributed by atoms with Crippen molar-refractivity contribution in [3.05, 3.63) is 7.11 Å². The molecule has 1 amide bonds. The van der Waals surface area contributed by atoms with Gasteiger partial charge in [-0.3, -0.25) is 0 Å². The van der Waals surface area contributed by atoms with E-state index in [-0.39, 0.29) is 12.2 Å². The van der Waals surface area contributed by atoms with E-state index in [0.717, 1.165) is 25.7 Å². The number of likely N-dealkylation sites (tertiary alicyclic amines) is 1. The number of unbranched alkanes of at least 4 members (excludes halogenated alkanes) is 1. The smallest absolute Gasteiger partial charge is 0.409 e. The molecule has 0 saturated carbocycles. The zero-order chi connectivity index (χ0) is 11.1. The molecule has 0 aromatic rings. The molecule has 1 fully saturated rings. The first-order chi connectivity index (χ1) is 7.27. The number of carbonyl (C=O) groups is 1. The van der Waals surface area contributed by atoms with Crippen LogP contribution in [-0.4, -0.2) is 36.8 Å². The molecule has 0 N–H and O–H groups in total. The lowest BCUT2D eigenvalue weighted by Crippen LogP contribution is -2.40. The molecule has 15 heavy (non-hydrogen) atoms. The molecule has 4 heteroatoms. The summed E-state index contributed by atoms with van der Waals surface area (Å²) >= 11 is 0. The lowest BCUT2D eigenvalue weighted by atomic mass is 10.1. The van der Waals surface area contributed by atoms with Crippen LogP contribution in [0, 0.1) is 7.11 Å². The Morgan fingerprint density at radius 2 is 2.13 bits per heavy atom. The highest BCUT2D eigenvalue weighted by atomic mass is 16.6. The second-order valence-corrected chi connectivity index (χ2v) is 3.82. The summed E-state index contributed by atoms with van der Waals surface area (Å²) in [7, 11) is 3.41. The fourth-order valence-electron chi connectivity index (χ4n) is 1.60. The highest BCUT2D eigenvalue weighted by molar-refractivity contribution is 5.67. The molecule has 0 unspecified atom stereocenters. The molecule has 1 saturated heterocycles. The Morgan fingerprint density at radius 3 is 2.67 bits per heavy atom. The Kier molecular flexibility index (Phi) is 5.47. The minimum absolute atomic E-state index is 0.189. The maximum absolute atomic E-state index is 11.5. The van der Waals surface area contributed by atoms with E-state index >= 15 is 0 Å². The van der Waals surface area contributed by atoms with Crippen molar-refractivity contribution >= 4 is 6.09 Å². The van der Waals surface area contributed by atoms with Crippen LogP contribution in [0.25, 0.3) is 0 Å². The van der Waals surface area contributed by atoms with Gasteiger partial charge in [-0.05, 0) is 19.3 Å². The summed E-state index contributed by atoms with van der Waals surface area (Å²) in [6.07, 6.45) is 3.70.